The van der Waals surface area contributed by atoms with E-state index in [1.807, 2.05) is 6.20 Å². The zero-order chi connectivity index (χ0) is 10.7. The molecule has 2 N–H and O–H groups in total. The van der Waals surface area contributed by atoms with Crippen LogP contribution < -0.4 is 0 Å². The second kappa shape index (κ2) is 4.35. The molecule has 1 unspecified atom stereocenters. The number of aliphatic hydroxyl groups is 1. The molecule has 1 aliphatic carbocycles. The van der Waals surface area contributed by atoms with Gasteiger partial charge in [-0.2, -0.15) is 0 Å². The van der Waals surface area contributed by atoms with Crippen molar-refractivity contribution < 1.29 is 5.11 Å². The van der Waals surface area contributed by atoms with Crippen molar-refractivity contribution in [3.63, 3.8) is 0 Å². The van der Waals surface area contributed by atoms with E-state index in [1.54, 1.807) is 6.20 Å². The Morgan fingerprint density at radius 2 is 2.27 bits per heavy atom. The van der Waals surface area contributed by atoms with E-state index < -0.39 is 0 Å². The Morgan fingerprint density at radius 3 is 2.80 bits per heavy atom. The highest BCUT2D eigenvalue weighted by molar-refractivity contribution is 4.97. The molecule has 1 aromatic rings. The van der Waals surface area contributed by atoms with E-state index in [9.17, 15) is 5.11 Å². The Labute approximate surface area is 90.9 Å². The molecule has 1 aliphatic rings. The Bertz CT molecular complexity index is 289. The Morgan fingerprint density at radius 1 is 1.53 bits per heavy atom. The van der Waals surface area contributed by atoms with Crippen LogP contribution in [0.25, 0.3) is 0 Å². The van der Waals surface area contributed by atoms with E-state index in [1.165, 1.54) is 25.7 Å². The first kappa shape index (κ1) is 10.7. The smallest absolute Gasteiger partial charge is 0.108 e. The third kappa shape index (κ3) is 2.07. The summed E-state index contributed by atoms with van der Waals surface area (Å²) in [4.78, 5) is 7.24. The molecule has 0 aromatic carbocycles. The van der Waals surface area contributed by atoms with Gasteiger partial charge in [0.1, 0.15) is 5.82 Å². The zero-order valence-corrected chi connectivity index (χ0v) is 9.37. The quantitative estimate of drug-likeness (QED) is 0.797. The molecule has 0 aliphatic heterocycles. The van der Waals surface area contributed by atoms with Gasteiger partial charge in [-0.05, 0) is 24.7 Å². The molecule has 0 amide bonds. The van der Waals surface area contributed by atoms with Crippen molar-refractivity contribution in [1.29, 1.82) is 0 Å². The normalized spacial score (nSPS) is 21.7. The summed E-state index contributed by atoms with van der Waals surface area (Å²) in [7, 11) is 0. The number of aromatic amines is 1. The molecule has 0 radical (unpaired) electrons. The fourth-order valence-electron chi connectivity index (χ4n) is 2.81. The summed E-state index contributed by atoms with van der Waals surface area (Å²) in [5, 5.41) is 10.3. The van der Waals surface area contributed by atoms with Crippen LogP contribution in [0.3, 0.4) is 0 Å². The van der Waals surface area contributed by atoms with E-state index in [2.05, 4.69) is 16.9 Å². The van der Waals surface area contributed by atoms with Crippen LogP contribution >= 0.6 is 0 Å². The highest BCUT2D eigenvalue weighted by Gasteiger charge is 2.38. The van der Waals surface area contributed by atoms with Gasteiger partial charge in [0.15, 0.2) is 0 Å². The maximum Gasteiger partial charge on any atom is 0.108 e. The molecule has 1 atom stereocenters. The van der Waals surface area contributed by atoms with Crippen LogP contribution in [0, 0.1) is 5.41 Å². The number of aliphatic hydroxyl groups excluding tert-OH is 1. The molecule has 1 fully saturated rings. The molecule has 0 bridgehead atoms. The van der Waals surface area contributed by atoms with Crippen molar-refractivity contribution in [2.75, 3.05) is 0 Å². The molecule has 84 valence electrons. The van der Waals surface area contributed by atoms with Gasteiger partial charge in [-0.15, -0.1) is 0 Å². The number of nitrogens with zero attached hydrogens (tertiary/aromatic N) is 1. The van der Waals surface area contributed by atoms with Gasteiger partial charge < -0.3 is 10.1 Å². The highest BCUT2D eigenvalue weighted by atomic mass is 16.3. The number of imidazole rings is 1. The first-order valence-corrected chi connectivity index (χ1v) is 5.93. The van der Waals surface area contributed by atoms with Crippen LogP contribution in [0.5, 0.6) is 0 Å². The van der Waals surface area contributed by atoms with Crippen LogP contribution in [0.1, 0.15) is 44.9 Å². The second-order valence-corrected chi connectivity index (χ2v) is 4.68. The lowest BCUT2D eigenvalue weighted by atomic mass is 9.76. The molecule has 1 aromatic heterocycles. The maximum atomic E-state index is 10.3. The summed E-state index contributed by atoms with van der Waals surface area (Å²) in [6.07, 6.45) is 9.94. The average Bonchev–Trinajstić information content (AvgIpc) is 2.87. The van der Waals surface area contributed by atoms with Crippen molar-refractivity contribution in [2.45, 2.75) is 51.6 Å². The summed E-state index contributed by atoms with van der Waals surface area (Å²) < 4.78 is 0. The molecule has 15 heavy (non-hydrogen) atoms. The molecular formula is C12H20N2O. The first-order chi connectivity index (χ1) is 7.27. The third-order valence-electron chi connectivity index (χ3n) is 3.95. The van der Waals surface area contributed by atoms with Crippen molar-refractivity contribution in [1.82, 2.24) is 9.97 Å². The summed E-state index contributed by atoms with van der Waals surface area (Å²) in [6, 6.07) is 0. The van der Waals surface area contributed by atoms with Gasteiger partial charge in [-0.3, -0.25) is 0 Å². The van der Waals surface area contributed by atoms with E-state index in [4.69, 9.17) is 0 Å². The Balaban J connectivity index is 2.02. The molecule has 0 saturated heterocycles. The Kier molecular flexibility index (Phi) is 3.10. The summed E-state index contributed by atoms with van der Waals surface area (Å²) in [5.74, 6) is 0.905. The second-order valence-electron chi connectivity index (χ2n) is 4.68. The minimum atomic E-state index is -0.240. The van der Waals surface area contributed by atoms with E-state index in [0.29, 0.717) is 6.42 Å². The van der Waals surface area contributed by atoms with Crippen LogP contribution in [0.4, 0.5) is 0 Å². The minimum Gasteiger partial charge on any atom is -0.392 e. The number of rotatable bonds is 4. The van der Waals surface area contributed by atoms with E-state index >= 15 is 0 Å². The average molecular weight is 208 g/mol. The van der Waals surface area contributed by atoms with Crippen molar-refractivity contribution in [3.8, 4) is 0 Å². The molecule has 3 heteroatoms. The molecule has 2 rings (SSSR count). The van der Waals surface area contributed by atoms with Crippen LogP contribution in [0.2, 0.25) is 0 Å². The number of aromatic nitrogens is 2. The van der Waals surface area contributed by atoms with E-state index in [0.717, 1.165) is 12.2 Å². The summed E-state index contributed by atoms with van der Waals surface area (Å²) >= 11 is 0. The lowest BCUT2D eigenvalue weighted by Crippen LogP contribution is -2.34. The summed E-state index contributed by atoms with van der Waals surface area (Å²) in [6.45, 7) is 2.19. The van der Waals surface area contributed by atoms with Gasteiger partial charge >= 0.3 is 0 Å². The van der Waals surface area contributed by atoms with Crippen molar-refractivity contribution >= 4 is 0 Å². The SMILES string of the molecule is CCC1(C(O)Cc2ncc[nH]2)CCCC1. The van der Waals surface area contributed by atoms with Gasteiger partial charge in [0.2, 0.25) is 0 Å². The van der Waals surface area contributed by atoms with Crippen LogP contribution in [-0.4, -0.2) is 21.2 Å². The van der Waals surface area contributed by atoms with Gasteiger partial charge in [0.25, 0.3) is 0 Å². The molecule has 3 nitrogen and oxygen atoms in total. The van der Waals surface area contributed by atoms with Crippen LogP contribution in [0.15, 0.2) is 12.4 Å². The fraction of sp³-hybridized carbons (Fsp3) is 0.750. The lowest BCUT2D eigenvalue weighted by molar-refractivity contribution is 0.0244. The zero-order valence-electron chi connectivity index (χ0n) is 9.37. The highest BCUT2D eigenvalue weighted by Crippen LogP contribution is 2.44. The van der Waals surface area contributed by atoms with Gasteiger partial charge in [-0.1, -0.05) is 19.8 Å². The van der Waals surface area contributed by atoms with Crippen LogP contribution in [-0.2, 0) is 6.42 Å². The number of H-pyrrole nitrogens is 1. The molecular weight excluding hydrogens is 188 g/mol. The molecule has 1 heterocycles. The third-order valence-corrected chi connectivity index (χ3v) is 3.95. The van der Waals surface area contributed by atoms with Crippen molar-refractivity contribution in [2.24, 2.45) is 5.41 Å². The molecule has 0 spiro atoms. The van der Waals surface area contributed by atoms with Gasteiger partial charge in [-0.25, -0.2) is 4.98 Å². The lowest BCUT2D eigenvalue weighted by Gasteiger charge is -2.32. The number of hydrogen-bond acceptors (Lipinski definition) is 2. The monoisotopic (exact) mass is 208 g/mol. The van der Waals surface area contributed by atoms with Crippen molar-refractivity contribution in [3.05, 3.63) is 18.2 Å². The minimum absolute atomic E-state index is 0.160. The number of nitrogens with one attached hydrogen (secondary N) is 1. The maximum absolute atomic E-state index is 10.3. The predicted octanol–water partition coefficient (Wildman–Crippen LogP) is 2.28. The fourth-order valence-corrected chi connectivity index (χ4v) is 2.81. The molecule has 1 saturated carbocycles. The number of hydrogen-bond donors (Lipinski definition) is 2. The Hall–Kier alpha value is -0.830. The topological polar surface area (TPSA) is 48.9 Å². The summed E-state index contributed by atoms with van der Waals surface area (Å²) in [5.41, 5.74) is 0.160. The predicted molar refractivity (Wildman–Crippen MR) is 59.5 cm³/mol. The first-order valence-electron chi connectivity index (χ1n) is 5.93. The van der Waals surface area contributed by atoms with E-state index in [-0.39, 0.29) is 11.5 Å². The standard InChI is InChI=1S/C12H20N2O/c1-2-12(5-3-4-6-12)10(15)9-11-13-7-8-14-11/h7-8,10,15H,2-6,9H2,1H3,(H,13,14). The van der Waals surface area contributed by atoms with Gasteiger partial charge in [0.05, 0.1) is 6.10 Å². The largest absolute Gasteiger partial charge is 0.392 e. The van der Waals surface area contributed by atoms with Gasteiger partial charge in [0, 0.05) is 18.8 Å².